The molecule has 0 aromatic carbocycles. The van der Waals surface area contributed by atoms with Gasteiger partial charge in [0.25, 0.3) is 0 Å². The Bertz CT molecular complexity index is 292. The summed E-state index contributed by atoms with van der Waals surface area (Å²) >= 11 is 3.86. The van der Waals surface area contributed by atoms with E-state index in [4.69, 9.17) is 5.11 Å². The van der Waals surface area contributed by atoms with E-state index < -0.39 is 5.97 Å². The van der Waals surface area contributed by atoms with Gasteiger partial charge in [-0.15, -0.1) is 11.8 Å². The molecule has 2 fully saturated rings. The highest BCUT2D eigenvalue weighted by Crippen LogP contribution is 2.50. The molecule has 2 aliphatic rings. The number of carbonyl (C=O) groups is 1. The molecule has 2 atom stereocenters. The summed E-state index contributed by atoms with van der Waals surface area (Å²) in [6.07, 6.45) is 1.90. The fourth-order valence-corrected chi connectivity index (χ4v) is 5.91. The molecular formula is C11H19NO2S2. The molecule has 16 heavy (non-hydrogen) atoms. The molecule has 3 nitrogen and oxygen atoms in total. The molecule has 0 aromatic rings. The van der Waals surface area contributed by atoms with Gasteiger partial charge in [0.15, 0.2) is 0 Å². The third kappa shape index (κ3) is 2.09. The number of nitrogens with one attached hydrogen (secondary N) is 1. The fourth-order valence-electron chi connectivity index (χ4n) is 2.35. The van der Waals surface area contributed by atoms with Crippen molar-refractivity contribution >= 4 is 29.5 Å². The van der Waals surface area contributed by atoms with Crippen molar-refractivity contribution in [1.29, 1.82) is 0 Å². The molecule has 2 unspecified atom stereocenters. The van der Waals surface area contributed by atoms with Crippen molar-refractivity contribution in [3.05, 3.63) is 0 Å². The van der Waals surface area contributed by atoms with Crippen molar-refractivity contribution < 1.29 is 9.90 Å². The summed E-state index contributed by atoms with van der Waals surface area (Å²) in [6, 6.07) is -0.362. The molecule has 2 saturated heterocycles. The highest BCUT2D eigenvalue weighted by Gasteiger charge is 2.50. The van der Waals surface area contributed by atoms with Gasteiger partial charge in [-0.2, -0.15) is 11.8 Å². The van der Waals surface area contributed by atoms with Gasteiger partial charge in [-0.25, -0.2) is 0 Å². The Labute approximate surface area is 105 Å². The van der Waals surface area contributed by atoms with Gasteiger partial charge < -0.3 is 5.11 Å². The van der Waals surface area contributed by atoms with Crippen molar-refractivity contribution in [3.8, 4) is 0 Å². The fraction of sp³-hybridized carbons (Fsp3) is 0.909. The maximum atomic E-state index is 11.1. The van der Waals surface area contributed by atoms with Crippen LogP contribution in [0.1, 0.15) is 26.7 Å². The third-order valence-corrected chi connectivity index (χ3v) is 6.79. The maximum Gasteiger partial charge on any atom is 0.320 e. The molecule has 0 bridgehead atoms. The van der Waals surface area contributed by atoms with Crippen LogP contribution in [-0.4, -0.2) is 39.2 Å². The van der Waals surface area contributed by atoms with Crippen molar-refractivity contribution in [2.45, 2.75) is 37.6 Å². The minimum Gasteiger partial charge on any atom is -0.480 e. The van der Waals surface area contributed by atoms with Gasteiger partial charge in [0.2, 0.25) is 0 Å². The van der Waals surface area contributed by atoms with Gasteiger partial charge in [-0.3, -0.25) is 10.1 Å². The molecule has 2 heterocycles. The molecule has 0 saturated carbocycles. The quantitative estimate of drug-likeness (QED) is 0.756. The van der Waals surface area contributed by atoms with E-state index in [9.17, 15) is 4.79 Å². The van der Waals surface area contributed by atoms with Crippen LogP contribution in [0, 0.1) is 5.41 Å². The first-order chi connectivity index (χ1) is 7.47. The van der Waals surface area contributed by atoms with Crippen LogP contribution in [0.3, 0.4) is 0 Å². The molecule has 0 amide bonds. The predicted molar refractivity (Wildman–Crippen MR) is 70.1 cm³/mol. The molecule has 1 spiro atoms. The summed E-state index contributed by atoms with van der Waals surface area (Å²) in [5, 5.41) is 12.5. The predicted octanol–water partition coefficient (Wildman–Crippen LogP) is 2.03. The zero-order chi connectivity index (χ0) is 11.8. The summed E-state index contributed by atoms with van der Waals surface area (Å²) < 4.78 is 0. The molecular weight excluding hydrogens is 242 g/mol. The van der Waals surface area contributed by atoms with Crippen LogP contribution in [0.4, 0.5) is 0 Å². The van der Waals surface area contributed by atoms with Crippen molar-refractivity contribution in [2.75, 3.05) is 17.3 Å². The van der Waals surface area contributed by atoms with E-state index in [0.717, 1.165) is 24.3 Å². The lowest BCUT2D eigenvalue weighted by molar-refractivity contribution is -0.140. The van der Waals surface area contributed by atoms with Crippen LogP contribution in [0.2, 0.25) is 0 Å². The Hall–Kier alpha value is 0.130. The molecule has 0 aromatic heterocycles. The lowest BCUT2D eigenvalue weighted by Crippen LogP contribution is -2.64. The highest BCUT2D eigenvalue weighted by atomic mass is 32.2. The second-order valence-corrected chi connectivity index (χ2v) is 7.68. The number of aliphatic carboxylic acids is 1. The first-order valence-electron chi connectivity index (χ1n) is 5.69. The van der Waals surface area contributed by atoms with Crippen LogP contribution in [0.25, 0.3) is 0 Å². The van der Waals surface area contributed by atoms with E-state index in [1.54, 1.807) is 0 Å². The molecule has 0 aliphatic carbocycles. The van der Waals surface area contributed by atoms with Crippen LogP contribution >= 0.6 is 23.5 Å². The minimum atomic E-state index is -0.703. The average Bonchev–Trinajstić information content (AvgIpc) is 2.23. The molecule has 2 aliphatic heterocycles. The zero-order valence-electron chi connectivity index (χ0n) is 9.78. The van der Waals surface area contributed by atoms with Crippen molar-refractivity contribution in [3.63, 3.8) is 0 Å². The molecule has 2 rings (SSSR count). The summed E-state index contributed by atoms with van der Waals surface area (Å²) in [4.78, 5) is 11.1. The summed E-state index contributed by atoms with van der Waals surface area (Å²) in [7, 11) is 0. The van der Waals surface area contributed by atoms with Crippen LogP contribution in [0.15, 0.2) is 0 Å². The highest BCUT2D eigenvalue weighted by molar-refractivity contribution is 8.04. The Balaban J connectivity index is 2.19. The first kappa shape index (κ1) is 12.6. The second kappa shape index (κ2) is 4.42. The Morgan fingerprint density at radius 2 is 2.19 bits per heavy atom. The summed E-state index contributed by atoms with van der Waals surface area (Å²) in [5.41, 5.74) is 0.178. The third-order valence-electron chi connectivity index (χ3n) is 3.73. The van der Waals surface area contributed by atoms with E-state index in [2.05, 4.69) is 19.2 Å². The van der Waals surface area contributed by atoms with Gasteiger partial charge >= 0.3 is 5.97 Å². The van der Waals surface area contributed by atoms with Gasteiger partial charge in [-0.1, -0.05) is 13.8 Å². The lowest BCUT2D eigenvalue weighted by Gasteiger charge is -2.53. The number of hydrogen-bond donors (Lipinski definition) is 2. The zero-order valence-corrected chi connectivity index (χ0v) is 11.4. The SMILES string of the molecule is CC1(C)CCSCC12NC(C(=O)O)CCS2. The minimum absolute atomic E-state index is 0.0444. The van der Waals surface area contributed by atoms with E-state index in [1.807, 2.05) is 23.5 Å². The summed E-state index contributed by atoms with van der Waals surface area (Å²) in [5.74, 6) is 2.46. The normalized spacial score (nSPS) is 38.5. The van der Waals surface area contributed by atoms with E-state index in [-0.39, 0.29) is 16.3 Å². The Morgan fingerprint density at radius 1 is 1.44 bits per heavy atom. The average molecular weight is 261 g/mol. The van der Waals surface area contributed by atoms with Crippen molar-refractivity contribution in [1.82, 2.24) is 5.32 Å². The number of rotatable bonds is 1. The van der Waals surface area contributed by atoms with E-state index in [0.29, 0.717) is 0 Å². The van der Waals surface area contributed by atoms with Gasteiger partial charge in [0.1, 0.15) is 6.04 Å². The van der Waals surface area contributed by atoms with E-state index in [1.165, 1.54) is 5.75 Å². The lowest BCUT2D eigenvalue weighted by atomic mass is 9.81. The van der Waals surface area contributed by atoms with Crippen molar-refractivity contribution in [2.24, 2.45) is 5.41 Å². The topological polar surface area (TPSA) is 49.3 Å². The van der Waals surface area contributed by atoms with Gasteiger partial charge in [0, 0.05) is 5.75 Å². The van der Waals surface area contributed by atoms with E-state index >= 15 is 0 Å². The standard InChI is InChI=1S/C11H19NO2S2/c1-10(2)4-6-15-7-11(10)12-8(9(13)14)3-5-16-11/h8,12H,3-7H2,1-2H3,(H,13,14). The monoisotopic (exact) mass is 261 g/mol. The number of carboxylic acids is 1. The number of thioether (sulfide) groups is 2. The molecule has 5 heteroatoms. The molecule has 92 valence electrons. The number of hydrogen-bond acceptors (Lipinski definition) is 4. The van der Waals surface area contributed by atoms with Gasteiger partial charge in [0.05, 0.1) is 4.87 Å². The molecule has 2 N–H and O–H groups in total. The van der Waals surface area contributed by atoms with Crippen LogP contribution in [-0.2, 0) is 4.79 Å². The largest absolute Gasteiger partial charge is 0.480 e. The Morgan fingerprint density at radius 3 is 2.81 bits per heavy atom. The smallest absolute Gasteiger partial charge is 0.320 e. The maximum absolute atomic E-state index is 11.1. The first-order valence-corrected chi connectivity index (χ1v) is 7.83. The molecule has 0 radical (unpaired) electrons. The summed E-state index contributed by atoms with van der Waals surface area (Å²) in [6.45, 7) is 4.52. The second-order valence-electron chi connectivity index (χ2n) is 5.19. The van der Waals surface area contributed by atoms with Crippen LogP contribution < -0.4 is 5.32 Å². The Kier molecular flexibility index (Phi) is 3.48. The van der Waals surface area contributed by atoms with Crippen LogP contribution in [0.5, 0.6) is 0 Å². The number of carboxylic acid groups (broad SMARTS) is 1. The van der Waals surface area contributed by atoms with Gasteiger partial charge in [-0.05, 0) is 29.8 Å².